The summed E-state index contributed by atoms with van der Waals surface area (Å²) in [7, 11) is -3.09. The summed E-state index contributed by atoms with van der Waals surface area (Å²) in [5.41, 5.74) is 1.02. The molecule has 0 spiro atoms. The van der Waals surface area contributed by atoms with Crippen molar-refractivity contribution in [2.45, 2.75) is 11.3 Å². The molecule has 0 aliphatic carbocycles. The minimum Gasteiger partial charge on any atom is -0.381 e. The van der Waals surface area contributed by atoms with E-state index in [1.54, 1.807) is 12.1 Å². The fourth-order valence-electron chi connectivity index (χ4n) is 1.73. The van der Waals surface area contributed by atoms with Gasteiger partial charge in [-0.3, -0.25) is 0 Å². The lowest BCUT2D eigenvalue weighted by molar-refractivity contribution is 0.191. The molecule has 4 nitrogen and oxygen atoms in total. The molecule has 0 saturated carbocycles. The largest absolute Gasteiger partial charge is 0.381 e. The number of hydrogen-bond acceptors (Lipinski definition) is 3. The quantitative estimate of drug-likeness (QED) is 0.863. The molecule has 2 atom stereocenters. The monoisotopic (exact) mass is 252 g/mol. The van der Waals surface area contributed by atoms with Crippen LogP contribution in [-0.4, -0.2) is 17.4 Å². The highest BCUT2D eigenvalue weighted by Crippen LogP contribution is 2.16. The summed E-state index contributed by atoms with van der Waals surface area (Å²) in [6.07, 6.45) is 5.21. The zero-order chi connectivity index (χ0) is 12.3. The van der Waals surface area contributed by atoms with Crippen molar-refractivity contribution in [1.29, 1.82) is 4.78 Å². The van der Waals surface area contributed by atoms with Crippen molar-refractivity contribution in [3.05, 3.63) is 35.9 Å². The number of nitrogens with two attached hydrogens (primary N) is 1. The van der Waals surface area contributed by atoms with Crippen molar-refractivity contribution >= 4 is 16.0 Å². The Bertz CT molecular complexity index is 500. The van der Waals surface area contributed by atoms with Crippen LogP contribution in [0.3, 0.4) is 0 Å². The van der Waals surface area contributed by atoms with Crippen molar-refractivity contribution < 1.29 is 8.95 Å². The van der Waals surface area contributed by atoms with E-state index in [-0.39, 0.29) is 0 Å². The van der Waals surface area contributed by atoms with Crippen LogP contribution < -0.4 is 5.14 Å². The smallest absolute Gasteiger partial charge is 0.132 e. The van der Waals surface area contributed by atoms with E-state index in [9.17, 15) is 4.21 Å². The summed E-state index contributed by atoms with van der Waals surface area (Å²) >= 11 is 0. The third-order valence-corrected chi connectivity index (χ3v) is 3.73. The van der Waals surface area contributed by atoms with Gasteiger partial charge in [-0.25, -0.2) is 14.1 Å². The van der Waals surface area contributed by atoms with Gasteiger partial charge in [0.1, 0.15) is 9.92 Å². The first-order valence-electron chi connectivity index (χ1n) is 5.48. The van der Waals surface area contributed by atoms with Crippen molar-refractivity contribution in [2.75, 3.05) is 13.2 Å². The van der Waals surface area contributed by atoms with Gasteiger partial charge in [-0.05, 0) is 24.1 Å². The first-order chi connectivity index (χ1) is 8.05. The Hall–Kier alpha value is -1.17. The Labute approximate surface area is 102 Å². The molecule has 5 heteroatoms. The third kappa shape index (κ3) is 3.39. The molecule has 2 unspecified atom stereocenters. The maximum absolute atomic E-state index is 11.3. The highest BCUT2D eigenvalue weighted by Gasteiger charge is 2.11. The van der Waals surface area contributed by atoms with Crippen LogP contribution in [0.2, 0.25) is 0 Å². The molecular weight excluding hydrogens is 236 g/mol. The molecule has 1 aromatic rings. The lowest BCUT2D eigenvalue weighted by Gasteiger charge is -2.02. The highest BCUT2D eigenvalue weighted by molar-refractivity contribution is 7.90. The summed E-state index contributed by atoms with van der Waals surface area (Å²) < 4.78 is 23.8. The molecule has 1 heterocycles. The Morgan fingerprint density at radius 2 is 2.12 bits per heavy atom. The van der Waals surface area contributed by atoms with Gasteiger partial charge in [0.15, 0.2) is 0 Å². The van der Waals surface area contributed by atoms with Crippen molar-refractivity contribution in [3.8, 4) is 0 Å². The minimum absolute atomic E-state index is 0.360. The summed E-state index contributed by atoms with van der Waals surface area (Å²) in [6, 6.07) is 6.92. The summed E-state index contributed by atoms with van der Waals surface area (Å²) in [6.45, 7) is 1.62. The van der Waals surface area contributed by atoms with Crippen LogP contribution in [0.1, 0.15) is 12.0 Å². The SMILES string of the molecule is N=S(N)(=O)c1ccc(/C=C/C2CCOC2)cc1. The third-order valence-electron chi connectivity index (χ3n) is 2.76. The Kier molecular flexibility index (Phi) is 3.61. The van der Waals surface area contributed by atoms with Crippen molar-refractivity contribution in [2.24, 2.45) is 11.1 Å². The number of ether oxygens (including phenoxy) is 1. The number of benzene rings is 1. The molecule has 1 saturated heterocycles. The maximum Gasteiger partial charge on any atom is 0.132 e. The van der Waals surface area contributed by atoms with Gasteiger partial charge in [0.2, 0.25) is 0 Å². The van der Waals surface area contributed by atoms with E-state index in [1.807, 2.05) is 18.2 Å². The van der Waals surface area contributed by atoms with Crippen LogP contribution >= 0.6 is 0 Å². The second-order valence-electron chi connectivity index (χ2n) is 4.15. The van der Waals surface area contributed by atoms with Gasteiger partial charge in [-0.2, -0.15) is 0 Å². The molecule has 92 valence electrons. The average molecular weight is 252 g/mol. The fourth-order valence-corrected chi connectivity index (χ4v) is 2.27. The molecule has 17 heavy (non-hydrogen) atoms. The molecule has 3 N–H and O–H groups in total. The van der Waals surface area contributed by atoms with E-state index >= 15 is 0 Å². The molecule has 1 aromatic carbocycles. The standard InChI is InChI=1S/C12H16N2O2S/c13-17(14,15)12-5-3-10(4-6-12)1-2-11-7-8-16-9-11/h1-6,11H,7-9H2,(H3,13,14,15)/b2-1+. The second kappa shape index (κ2) is 5.00. The van der Waals surface area contributed by atoms with Gasteiger partial charge in [-0.15, -0.1) is 0 Å². The molecule has 1 aliphatic rings. The lowest BCUT2D eigenvalue weighted by Crippen LogP contribution is -2.09. The van der Waals surface area contributed by atoms with E-state index in [2.05, 4.69) is 6.08 Å². The molecular formula is C12H16N2O2S. The Morgan fingerprint density at radius 1 is 1.41 bits per heavy atom. The predicted molar refractivity (Wildman–Crippen MR) is 67.7 cm³/mol. The molecule has 1 fully saturated rings. The lowest BCUT2D eigenvalue weighted by atomic mass is 10.1. The Balaban J connectivity index is 2.08. The summed E-state index contributed by atoms with van der Waals surface area (Å²) in [5, 5.41) is 5.24. The molecule has 1 aliphatic heterocycles. The van der Waals surface area contributed by atoms with Gasteiger partial charge >= 0.3 is 0 Å². The van der Waals surface area contributed by atoms with E-state index in [0.29, 0.717) is 10.8 Å². The van der Waals surface area contributed by atoms with Crippen molar-refractivity contribution in [3.63, 3.8) is 0 Å². The Morgan fingerprint density at radius 3 is 2.65 bits per heavy atom. The number of nitrogens with one attached hydrogen (secondary N) is 1. The molecule has 0 amide bonds. The van der Waals surface area contributed by atoms with Gasteiger partial charge in [0.05, 0.1) is 11.5 Å². The summed E-state index contributed by atoms with van der Waals surface area (Å²) in [5.74, 6) is 0.490. The van der Waals surface area contributed by atoms with E-state index in [1.165, 1.54) is 0 Å². The van der Waals surface area contributed by atoms with Gasteiger partial charge in [-0.1, -0.05) is 24.3 Å². The molecule has 0 radical (unpaired) electrons. The van der Waals surface area contributed by atoms with Crippen LogP contribution in [0.5, 0.6) is 0 Å². The zero-order valence-electron chi connectivity index (χ0n) is 9.46. The van der Waals surface area contributed by atoms with E-state index < -0.39 is 9.92 Å². The number of hydrogen-bond donors (Lipinski definition) is 2. The topological polar surface area (TPSA) is 76.2 Å². The van der Waals surface area contributed by atoms with Crippen LogP contribution in [0.4, 0.5) is 0 Å². The zero-order valence-corrected chi connectivity index (χ0v) is 10.3. The van der Waals surface area contributed by atoms with Gasteiger partial charge in [0, 0.05) is 12.5 Å². The maximum atomic E-state index is 11.3. The fraction of sp³-hybridized carbons (Fsp3) is 0.333. The van der Waals surface area contributed by atoms with Crippen LogP contribution in [0.15, 0.2) is 35.2 Å². The second-order valence-corrected chi connectivity index (χ2v) is 5.83. The number of rotatable bonds is 3. The van der Waals surface area contributed by atoms with E-state index in [0.717, 1.165) is 25.2 Å². The molecule has 0 bridgehead atoms. The van der Waals surface area contributed by atoms with Crippen LogP contribution in [0, 0.1) is 10.7 Å². The van der Waals surface area contributed by atoms with Crippen LogP contribution in [-0.2, 0) is 14.7 Å². The van der Waals surface area contributed by atoms with E-state index in [4.69, 9.17) is 14.7 Å². The van der Waals surface area contributed by atoms with Gasteiger partial charge in [0.25, 0.3) is 0 Å². The molecule has 0 aromatic heterocycles. The van der Waals surface area contributed by atoms with Crippen LogP contribution in [0.25, 0.3) is 6.08 Å². The van der Waals surface area contributed by atoms with Crippen molar-refractivity contribution in [1.82, 2.24) is 0 Å². The predicted octanol–water partition coefficient (Wildman–Crippen LogP) is 2.02. The minimum atomic E-state index is -3.09. The first kappa shape index (κ1) is 12.3. The average Bonchev–Trinajstić information content (AvgIpc) is 2.78. The normalized spacial score (nSPS) is 23.9. The molecule has 2 rings (SSSR count). The summed E-state index contributed by atoms with van der Waals surface area (Å²) in [4.78, 5) is 0.360. The highest BCUT2D eigenvalue weighted by atomic mass is 32.2. The van der Waals surface area contributed by atoms with Gasteiger partial charge < -0.3 is 4.74 Å². The first-order valence-corrected chi connectivity index (χ1v) is 7.10.